The Bertz CT molecular complexity index is 619. The lowest BCUT2D eigenvalue weighted by Crippen LogP contribution is -2.36. The number of aromatic nitrogens is 3. The zero-order chi connectivity index (χ0) is 18.7. The summed E-state index contributed by atoms with van der Waals surface area (Å²) in [5, 5.41) is 8.54. The van der Waals surface area contributed by atoms with Crippen molar-refractivity contribution < 1.29 is 19.0 Å². The molecule has 0 aliphatic carbocycles. The molecule has 2 aliphatic heterocycles. The molecule has 3 rings (SSSR count). The third kappa shape index (κ3) is 4.73. The molecule has 2 saturated heterocycles. The number of nitrogens with zero attached hydrogens (tertiary/aromatic N) is 4. The normalized spacial score (nSPS) is 22.0. The van der Waals surface area contributed by atoms with Crippen LogP contribution in [0.25, 0.3) is 0 Å². The van der Waals surface area contributed by atoms with Crippen LogP contribution in [0.15, 0.2) is 0 Å². The van der Waals surface area contributed by atoms with Crippen LogP contribution in [-0.4, -0.2) is 64.0 Å². The summed E-state index contributed by atoms with van der Waals surface area (Å²) in [6, 6.07) is 0. The maximum absolute atomic E-state index is 12.2. The Kier molecular flexibility index (Phi) is 5.82. The van der Waals surface area contributed by atoms with E-state index in [9.17, 15) is 4.79 Å². The molecule has 0 spiro atoms. The standard InChI is InChI=1S/C18H30N4O4/c1-18(2,3)26-17(23)22-8-5-14(11-22)25-12-15-16(19-20-21(15)4)13-6-9-24-10-7-13/h13-14H,5-12H2,1-4H3. The molecule has 1 aromatic rings. The molecule has 26 heavy (non-hydrogen) atoms. The molecular formula is C18H30N4O4. The second kappa shape index (κ2) is 7.92. The summed E-state index contributed by atoms with van der Waals surface area (Å²) in [6.45, 7) is 8.86. The molecule has 1 aromatic heterocycles. The molecule has 0 N–H and O–H groups in total. The highest BCUT2D eigenvalue weighted by atomic mass is 16.6. The van der Waals surface area contributed by atoms with E-state index < -0.39 is 5.60 Å². The van der Waals surface area contributed by atoms with Gasteiger partial charge in [0.1, 0.15) is 5.60 Å². The van der Waals surface area contributed by atoms with Gasteiger partial charge in [-0.1, -0.05) is 5.21 Å². The third-order valence-corrected chi connectivity index (χ3v) is 4.83. The van der Waals surface area contributed by atoms with Crippen LogP contribution in [0.4, 0.5) is 4.79 Å². The summed E-state index contributed by atoms with van der Waals surface area (Å²) in [5.74, 6) is 0.387. The van der Waals surface area contributed by atoms with Crippen LogP contribution in [-0.2, 0) is 27.9 Å². The highest BCUT2D eigenvalue weighted by molar-refractivity contribution is 5.68. The number of carbonyl (C=O) groups is 1. The van der Waals surface area contributed by atoms with E-state index in [0.717, 1.165) is 43.9 Å². The number of rotatable bonds is 4. The van der Waals surface area contributed by atoms with E-state index in [0.29, 0.717) is 25.6 Å². The first-order chi connectivity index (χ1) is 12.3. The zero-order valence-electron chi connectivity index (χ0n) is 16.2. The number of likely N-dealkylation sites (tertiary alicyclic amines) is 1. The highest BCUT2D eigenvalue weighted by Gasteiger charge is 2.31. The number of ether oxygens (including phenoxy) is 3. The summed E-state index contributed by atoms with van der Waals surface area (Å²) in [7, 11) is 1.90. The molecular weight excluding hydrogens is 336 g/mol. The lowest BCUT2D eigenvalue weighted by atomic mass is 9.95. The van der Waals surface area contributed by atoms with Gasteiger partial charge in [-0.15, -0.1) is 5.10 Å². The molecule has 8 heteroatoms. The largest absolute Gasteiger partial charge is 0.444 e. The van der Waals surface area contributed by atoms with Gasteiger partial charge in [-0.25, -0.2) is 9.48 Å². The monoisotopic (exact) mass is 366 g/mol. The average Bonchev–Trinajstić information content (AvgIpc) is 3.19. The lowest BCUT2D eigenvalue weighted by molar-refractivity contribution is 0.0172. The molecule has 2 fully saturated rings. The number of hydrogen-bond acceptors (Lipinski definition) is 6. The Hall–Kier alpha value is -1.67. The van der Waals surface area contributed by atoms with Gasteiger partial charge in [-0.2, -0.15) is 0 Å². The summed E-state index contributed by atoms with van der Waals surface area (Å²) in [4.78, 5) is 13.9. The minimum absolute atomic E-state index is 0.0138. The second-order valence-corrected chi connectivity index (χ2v) is 8.08. The van der Waals surface area contributed by atoms with Crippen LogP contribution in [0.3, 0.4) is 0 Å². The Morgan fingerprint density at radius 1 is 1.27 bits per heavy atom. The maximum atomic E-state index is 12.2. The third-order valence-electron chi connectivity index (χ3n) is 4.83. The Morgan fingerprint density at radius 3 is 2.69 bits per heavy atom. The first kappa shape index (κ1) is 19.1. The van der Waals surface area contributed by atoms with Crippen molar-refractivity contribution in [2.24, 2.45) is 7.05 Å². The number of aryl methyl sites for hydroxylation is 1. The molecule has 1 amide bonds. The van der Waals surface area contributed by atoms with Gasteiger partial charge in [0, 0.05) is 32.7 Å². The second-order valence-electron chi connectivity index (χ2n) is 8.08. The van der Waals surface area contributed by atoms with Crippen LogP contribution in [0.2, 0.25) is 0 Å². The number of carbonyl (C=O) groups excluding carboxylic acids is 1. The van der Waals surface area contributed by atoms with Crippen molar-refractivity contribution in [1.82, 2.24) is 19.9 Å². The van der Waals surface area contributed by atoms with Crippen LogP contribution < -0.4 is 0 Å². The zero-order valence-corrected chi connectivity index (χ0v) is 16.2. The quantitative estimate of drug-likeness (QED) is 0.813. The molecule has 0 radical (unpaired) electrons. The average molecular weight is 366 g/mol. The van der Waals surface area contributed by atoms with Crippen LogP contribution >= 0.6 is 0 Å². The summed E-state index contributed by atoms with van der Waals surface area (Å²) in [5.41, 5.74) is 1.57. The number of hydrogen-bond donors (Lipinski definition) is 0. The molecule has 8 nitrogen and oxygen atoms in total. The number of amides is 1. The van der Waals surface area contributed by atoms with Crippen molar-refractivity contribution in [2.75, 3.05) is 26.3 Å². The Morgan fingerprint density at radius 2 is 2.00 bits per heavy atom. The smallest absolute Gasteiger partial charge is 0.410 e. The SMILES string of the molecule is Cn1nnc(C2CCOCC2)c1COC1CCN(C(=O)OC(C)(C)C)C1. The molecule has 1 atom stereocenters. The fourth-order valence-corrected chi connectivity index (χ4v) is 3.40. The van der Waals surface area contributed by atoms with Gasteiger partial charge in [0.2, 0.25) is 0 Å². The molecule has 146 valence electrons. The molecule has 0 bridgehead atoms. The maximum Gasteiger partial charge on any atom is 0.410 e. The molecule has 0 saturated carbocycles. The molecule has 1 unspecified atom stereocenters. The minimum atomic E-state index is -0.477. The van der Waals surface area contributed by atoms with Crippen LogP contribution in [0, 0.1) is 0 Å². The van der Waals surface area contributed by atoms with E-state index in [-0.39, 0.29) is 12.2 Å². The van der Waals surface area contributed by atoms with Gasteiger partial charge in [0.25, 0.3) is 0 Å². The van der Waals surface area contributed by atoms with Crippen molar-refractivity contribution in [3.63, 3.8) is 0 Å². The van der Waals surface area contributed by atoms with Gasteiger partial charge in [-0.05, 0) is 40.0 Å². The summed E-state index contributed by atoms with van der Waals surface area (Å²) < 4.78 is 18.8. The predicted octanol–water partition coefficient (Wildman–Crippen LogP) is 2.24. The van der Waals surface area contributed by atoms with Gasteiger partial charge in [-0.3, -0.25) is 0 Å². The first-order valence-corrected chi connectivity index (χ1v) is 9.39. The van der Waals surface area contributed by atoms with E-state index in [1.165, 1.54) is 0 Å². The Balaban J connectivity index is 1.54. The fraction of sp³-hybridized carbons (Fsp3) is 0.833. The van der Waals surface area contributed by atoms with E-state index in [1.54, 1.807) is 9.58 Å². The molecule has 0 aromatic carbocycles. The minimum Gasteiger partial charge on any atom is -0.444 e. The molecule has 3 heterocycles. The van der Waals surface area contributed by atoms with E-state index in [1.807, 2.05) is 27.8 Å². The lowest BCUT2D eigenvalue weighted by Gasteiger charge is -2.24. The topological polar surface area (TPSA) is 78.7 Å². The highest BCUT2D eigenvalue weighted by Crippen LogP contribution is 2.28. The first-order valence-electron chi connectivity index (χ1n) is 9.39. The van der Waals surface area contributed by atoms with Crippen molar-refractivity contribution >= 4 is 6.09 Å². The Labute approximate surface area is 154 Å². The van der Waals surface area contributed by atoms with Gasteiger partial charge >= 0.3 is 6.09 Å². The van der Waals surface area contributed by atoms with Crippen molar-refractivity contribution in [1.29, 1.82) is 0 Å². The van der Waals surface area contributed by atoms with Gasteiger partial charge in [0.05, 0.1) is 30.6 Å². The van der Waals surface area contributed by atoms with Crippen molar-refractivity contribution in [3.05, 3.63) is 11.4 Å². The van der Waals surface area contributed by atoms with E-state index in [2.05, 4.69) is 10.3 Å². The van der Waals surface area contributed by atoms with Crippen LogP contribution in [0.5, 0.6) is 0 Å². The summed E-state index contributed by atoms with van der Waals surface area (Å²) >= 11 is 0. The van der Waals surface area contributed by atoms with Gasteiger partial charge < -0.3 is 19.1 Å². The van der Waals surface area contributed by atoms with E-state index in [4.69, 9.17) is 14.2 Å². The molecule has 2 aliphatic rings. The van der Waals surface area contributed by atoms with Crippen molar-refractivity contribution in [2.45, 2.75) is 64.3 Å². The van der Waals surface area contributed by atoms with Crippen molar-refractivity contribution in [3.8, 4) is 0 Å². The predicted molar refractivity (Wildman–Crippen MR) is 94.8 cm³/mol. The summed E-state index contributed by atoms with van der Waals surface area (Å²) in [6.07, 6.45) is 2.51. The van der Waals surface area contributed by atoms with E-state index >= 15 is 0 Å². The van der Waals surface area contributed by atoms with Gasteiger partial charge in [0.15, 0.2) is 0 Å². The fourth-order valence-electron chi connectivity index (χ4n) is 3.40. The van der Waals surface area contributed by atoms with Crippen LogP contribution in [0.1, 0.15) is 57.3 Å².